The van der Waals surface area contributed by atoms with Crippen LogP contribution in [0.1, 0.15) is 80.7 Å². The van der Waals surface area contributed by atoms with Crippen molar-refractivity contribution in [1.29, 1.82) is 0 Å². The van der Waals surface area contributed by atoms with E-state index in [0.29, 0.717) is 58.6 Å². The minimum Gasteiger partial charge on any atom is -0.480 e. The van der Waals surface area contributed by atoms with E-state index in [1.54, 1.807) is 29.4 Å². The molecule has 3 amide bonds. The highest BCUT2D eigenvalue weighted by atomic mass is 79.9. The Morgan fingerprint density at radius 1 is 0.886 bits per heavy atom. The molecule has 0 radical (unpaired) electrons. The molecule has 21 nitrogen and oxygen atoms in total. The lowest BCUT2D eigenvalue weighted by Gasteiger charge is -2.27. The standard InChI is InChI=1S/C48H60BrN9O12/c1-29-6-12-40(49)54-45(29)55-46(64)38-22-48(3)23-39(48)58(38)43(63)26-57-37-11-7-31(21-35(37)44(56-57)30(2)59)32-24-52-41(53-25-32)13-9-34(61)27-69-19-18-68-16-14-51-42(62)28-70-20-17-67-15-4-5-33(60)8-10-36(50)47(65)66/h6-7,11-12,21,24-25,36,38-39H,4-5,8-10,13-20,22-23,26-28,50H2,1-3H3,(H,51,62)(H,65,66)(H,54,55,64)/t36-,38-,39+,48-/m0/s1. The fourth-order valence-corrected chi connectivity index (χ4v) is 8.45. The number of likely N-dealkylation sites (tertiary alicyclic amines) is 1. The molecular formula is C48H60BrN9O12. The summed E-state index contributed by atoms with van der Waals surface area (Å²) in [5, 5.41) is 19.5. The summed E-state index contributed by atoms with van der Waals surface area (Å²) in [4.78, 5) is 102. The average Bonchev–Trinajstić information content (AvgIpc) is 3.69. The number of aromatic nitrogens is 5. The molecule has 4 heterocycles. The van der Waals surface area contributed by atoms with E-state index in [1.165, 1.54) is 11.6 Å². The zero-order valence-electron chi connectivity index (χ0n) is 39.6. The van der Waals surface area contributed by atoms with Gasteiger partial charge in [0.25, 0.3) is 0 Å². The van der Waals surface area contributed by atoms with Gasteiger partial charge < -0.3 is 45.3 Å². The number of Topliss-reactive ketones (excluding diaryl/α,β-unsaturated/α-hetero) is 3. The summed E-state index contributed by atoms with van der Waals surface area (Å²) in [7, 11) is 0. The Bertz CT molecular complexity index is 2540. The van der Waals surface area contributed by atoms with Gasteiger partial charge in [-0.15, -0.1) is 0 Å². The highest BCUT2D eigenvalue weighted by molar-refractivity contribution is 9.10. The molecule has 0 unspecified atom stereocenters. The smallest absolute Gasteiger partial charge is 0.320 e. The number of amides is 3. The van der Waals surface area contributed by atoms with Gasteiger partial charge in [0, 0.05) is 75.1 Å². The maximum atomic E-state index is 14.0. The van der Waals surface area contributed by atoms with Crippen LogP contribution < -0.4 is 16.4 Å². The molecule has 4 atom stereocenters. The number of hydrogen-bond acceptors (Lipinski definition) is 16. The van der Waals surface area contributed by atoms with E-state index < -0.39 is 18.1 Å². The number of nitrogens with zero attached hydrogens (tertiary/aromatic N) is 6. The van der Waals surface area contributed by atoms with Gasteiger partial charge in [-0.3, -0.25) is 38.2 Å². The fourth-order valence-electron chi connectivity index (χ4n) is 8.14. The Balaban J connectivity index is 0.855. The van der Waals surface area contributed by atoms with Crippen LogP contribution in [0.4, 0.5) is 5.82 Å². The molecule has 2 aliphatic rings. The number of ketones is 3. The maximum absolute atomic E-state index is 14.0. The average molecular weight is 1030 g/mol. The van der Waals surface area contributed by atoms with Crippen molar-refractivity contribution in [3.63, 3.8) is 0 Å². The molecule has 376 valence electrons. The van der Waals surface area contributed by atoms with E-state index >= 15 is 0 Å². The van der Waals surface area contributed by atoms with E-state index in [1.807, 2.05) is 25.1 Å². The highest BCUT2D eigenvalue weighted by Crippen LogP contribution is 2.59. The number of nitrogens with one attached hydrogen (secondary N) is 2. The van der Waals surface area contributed by atoms with Crippen molar-refractivity contribution in [2.75, 3.05) is 64.7 Å². The summed E-state index contributed by atoms with van der Waals surface area (Å²) >= 11 is 3.36. The number of rotatable bonds is 30. The normalized spacial score (nSPS) is 17.5. The highest BCUT2D eigenvalue weighted by Gasteiger charge is 2.64. The molecule has 5 N–H and O–H groups in total. The summed E-state index contributed by atoms with van der Waals surface area (Å²) < 4.78 is 23.7. The van der Waals surface area contributed by atoms with Crippen LogP contribution >= 0.6 is 15.9 Å². The minimum atomic E-state index is -1.13. The number of piperidine rings is 1. The van der Waals surface area contributed by atoms with Gasteiger partial charge in [0.15, 0.2) is 11.6 Å². The van der Waals surface area contributed by atoms with Gasteiger partial charge in [-0.05, 0) is 83.3 Å². The minimum absolute atomic E-state index is 0.0694. The first-order valence-electron chi connectivity index (χ1n) is 23.2. The third-order valence-electron chi connectivity index (χ3n) is 12.2. The number of fused-ring (bicyclic) bond motifs is 2. The van der Waals surface area contributed by atoms with Gasteiger partial charge in [0.05, 0.1) is 38.6 Å². The number of halogens is 1. The quantitative estimate of drug-likeness (QED) is 0.0331. The van der Waals surface area contributed by atoms with Crippen molar-refractivity contribution in [3.8, 4) is 11.1 Å². The van der Waals surface area contributed by atoms with E-state index in [0.717, 1.165) is 17.5 Å². The summed E-state index contributed by atoms with van der Waals surface area (Å²) in [6.45, 7) is 6.67. The van der Waals surface area contributed by atoms with Crippen molar-refractivity contribution >= 4 is 73.7 Å². The van der Waals surface area contributed by atoms with Crippen LogP contribution in [0, 0.1) is 12.3 Å². The molecule has 0 spiro atoms. The number of hydrogen-bond donors (Lipinski definition) is 4. The van der Waals surface area contributed by atoms with Crippen molar-refractivity contribution in [1.82, 2.24) is 34.9 Å². The number of nitrogens with two attached hydrogens (primary N) is 1. The lowest BCUT2D eigenvalue weighted by Crippen LogP contribution is -2.47. The van der Waals surface area contributed by atoms with Crippen molar-refractivity contribution in [2.24, 2.45) is 11.1 Å². The summed E-state index contributed by atoms with van der Waals surface area (Å²) in [6.07, 6.45) is 6.10. The Kier molecular flexibility index (Phi) is 19.3. The van der Waals surface area contributed by atoms with Crippen LogP contribution in [0.5, 0.6) is 0 Å². The molecule has 0 bridgehead atoms. The van der Waals surface area contributed by atoms with Crippen molar-refractivity contribution in [3.05, 3.63) is 64.4 Å². The Morgan fingerprint density at radius 2 is 1.60 bits per heavy atom. The number of aliphatic carboxylic acids is 1. The van der Waals surface area contributed by atoms with Crippen LogP contribution in [0.15, 0.2) is 47.3 Å². The molecular weight excluding hydrogens is 974 g/mol. The lowest BCUT2D eigenvalue weighted by molar-refractivity contribution is -0.139. The number of carboxylic acids is 1. The molecule has 4 aromatic rings. The molecule has 2 fully saturated rings. The van der Waals surface area contributed by atoms with Gasteiger partial charge in [-0.1, -0.05) is 19.1 Å². The second-order valence-corrected chi connectivity index (χ2v) is 18.5. The number of anilines is 1. The largest absolute Gasteiger partial charge is 0.480 e. The number of carboxylic acid groups (broad SMARTS) is 1. The van der Waals surface area contributed by atoms with Gasteiger partial charge in [-0.2, -0.15) is 5.10 Å². The predicted octanol–water partition coefficient (Wildman–Crippen LogP) is 3.41. The zero-order chi connectivity index (χ0) is 50.4. The first kappa shape index (κ1) is 53.4. The lowest BCUT2D eigenvalue weighted by atomic mass is 10.0. The topological polar surface area (TPSA) is 286 Å². The number of pyridine rings is 1. The number of carbonyl (C=O) groups is 7. The Labute approximate surface area is 413 Å². The molecule has 70 heavy (non-hydrogen) atoms. The van der Waals surface area contributed by atoms with Crippen LogP contribution in [-0.4, -0.2) is 153 Å². The summed E-state index contributed by atoms with van der Waals surface area (Å²) in [5.41, 5.74) is 8.27. The number of aryl methyl sites for hydroxylation is 2. The number of carbonyl (C=O) groups excluding carboxylic acids is 6. The Morgan fingerprint density at radius 3 is 2.33 bits per heavy atom. The summed E-state index contributed by atoms with van der Waals surface area (Å²) in [5.74, 6) is -1.57. The molecule has 1 aliphatic carbocycles. The van der Waals surface area contributed by atoms with Gasteiger partial charge >= 0.3 is 5.97 Å². The third kappa shape index (κ3) is 15.0. The van der Waals surface area contributed by atoms with E-state index in [9.17, 15) is 33.6 Å². The predicted molar refractivity (Wildman–Crippen MR) is 257 cm³/mol. The van der Waals surface area contributed by atoms with Crippen LogP contribution in [-0.2, 0) is 60.7 Å². The van der Waals surface area contributed by atoms with Gasteiger partial charge in [0.2, 0.25) is 17.7 Å². The van der Waals surface area contributed by atoms with Gasteiger partial charge in [0.1, 0.15) is 59.6 Å². The second kappa shape index (κ2) is 25.3. The molecule has 1 saturated carbocycles. The first-order chi connectivity index (χ1) is 33.5. The van der Waals surface area contributed by atoms with Crippen LogP contribution in [0.2, 0.25) is 0 Å². The summed E-state index contributed by atoms with van der Waals surface area (Å²) in [6, 6.07) is 7.32. The van der Waals surface area contributed by atoms with Crippen molar-refractivity contribution in [2.45, 2.75) is 96.8 Å². The van der Waals surface area contributed by atoms with Gasteiger partial charge in [-0.25, -0.2) is 15.0 Å². The monoisotopic (exact) mass is 1030 g/mol. The van der Waals surface area contributed by atoms with E-state index in [2.05, 4.69) is 53.5 Å². The molecule has 1 aliphatic heterocycles. The zero-order valence-corrected chi connectivity index (χ0v) is 41.2. The number of benzene rings is 1. The van der Waals surface area contributed by atoms with Crippen LogP contribution in [0.3, 0.4) is 0 Å². The maximum Gasteiger partial charge on any atom is 0.320 e. The third-order valence-corrected chi connectivity index (χ3v) is 12.6. The molecule has 1 aromatic carbocycles. The first-order valence-corrected chi connectivity index (χ1v) is 24.0. The van der Waals surface area contributed by atoms with E-state index in [-0.39, 0.29) is 137 Å². The fraction of sp³-hybridized carbons (Fsp3) is 0.521. The van der Waals surface area contributed by atoms with Crippen LogP contribution in [0.25, 0.3) is 22.0 Å². The number of ether oxygens (including phenoxy) is 4. The molecule has 6 rings (SSSR count). The SMILES string of the molecule is CC(=O)c1nn(CC(=O)N2[C@H](C(=O)Nc3nc(Br)ccc3C)C[C@@]3(C)C[C@@H]23)c2ccc(-c3cnc(CCC(=O)COCCOCCNC(=O)COCCOCCCC(=O)CC[C@H](N)C(=O)O)nc3)cc12. The van der Waals surface area contributed by atoms with Crippen molar-refractivity contribution < 1.29 is 57.6 Å². The molecule has 3 aromatic heterocycles. The molecule has 1 saturated heterocycles. The second-order valence-electron chi connectivity index (χ2n) is 17.7. The Hall–Kier alpha value is -5.91. The van der Waals surface area contributed by atoms with E-state index in [4.69, 9.17) is 29.8 Å². The molecule has 22 heteroatoms.